The highest BCUT2D eigenvalue weighted by molar-refractivity contribution is 5.82. The molecule has 1 aromatic heterocycles. The van der Waals surface area contributed by atoms with E-state index in [0.717, 1.165) is 32.2 Å². The second kappa shape index (κ2) is 7.64. The van der Waals surface area contributed by atoms with E-state index in [1.807, 2.05) is 4.90 Å². The molecule has 1 aliphatic heterocycles. The minimum absolute atomic E-state index is 0.0506. The number of esters is 1. The van der Waals surface area contributed by atoms with Crippen molar-refractivity contribution in [3.8, 4) is 0 Å². The molecule has 0 aromatic carbocycles. The summed E-state index contributed by atoms with van der Waals surface area (Å²) in [6.07, 6.45) is 5.95. The first kappa shape index (κ1) is 16.7. The molecule has 1 aliphatic carbocycles. The van der Waals surface area contributed by atoms with Crippen LogP contribution in [-0.4, -0.2) is 41.0 Å². The lowest BCUT2D eigenvalue weighted by Gasteiger charge is -2.31. The topological polar surface area (TPSA) is 68.6 Å². The van der Waals surface area contributed by atoms with E-state index < -0.39 is 0 Å². The van der Waals surface area contributed by atoms with Gasteiger partial charge in [0.25, 0.3) is 0 Å². The first-order chi connectivity index (χ1) is 11.6. The maximum atomic E-state index is 12.2. The molecule has 0 N–H and O–H groups in total. The number of amides is 1. The third-order valence-corrected chi connectivity index (χ3v) is 4.68. The van der Waals surface area contributed by atoms with Gasteiger partial charge in [0.05, 0.1) is 12.5 Å². The highest BCUT2D eigenvalue weighted by Crippen LogP contribution is 2.32. The summed E-state index contributed by atoms with van der Waals surface area (Å²) in [6.45, 7) is 2.08. The molecule has 2 fully saturated rings. The minimum Gasteiger partial charge on any atom is -0.465 e. The van der Waals surface area contributed by atoms with Gasteiger partial charge in [0.15, 0.2) is 0 Å². The summed E-state index contributed by atoms with van der Waals surface area (Å²) in [5, 5.41) is 0. The number of pyridine rings is 1. The molecule has 6 nitrogen and oxygen atoms in total. The summed E-state index contributed by atoms with van der Waals surface area (Å²) in [6, 6.07) is 5.02. The Morgan fingerprint density at radius 2 is 2.00 bits per heavy atom. The number of likely N-dealkylation sites (tertiary alicyclic amines) is 1. The van der Waals surface area contributed by atoms with Crippen molar-refractivity contribution in [1.29, 1.82) is 0 Å². The van der Waals surface area contributed by atoms with Crippen molar-refractivity contribution >= 4 is 11.9 Å². The number of rotatable bonds is 6. The SMILES string of the molecule is O=C(OCCCn1ccccc1=O)[C@H]1CCCN(C(=O)C2CC2)C1. The smallest absolute Gasteiger partial charge is 0.310 e. The Morgan fingerprint density at radius 1 is 1.17 bits per heavy atom. The van der Waals surface area contributed by atoms with Gasteiger partial charge in [0.1, 0.15) is 0 Å². The van der Waals surface area contributed by atoms with Crippen LogP contribution in [0.5, 0.6) is 0 Å². The van der Waals surface area contributed by atoms with Crippen LogP contribution in [0.2, 0.25) is 0 Å². The maximum absolute atomic E-state index is 12.2. The molecule has 130 valence electrons. The van der Waals surface area contributed by atoms with E-state index >= 15 is 0 Å². The molecule has 1 saturated carbocycles. The molecule has 0 spiro atoms. The Labute approximate surface area is 141 Å². The summed E-state index contributed by atoms with van der Waals surface area (Å²) in [5.41, 5.74) is -0.0506. The molecule has 0 bridgehead atoms. The van der Waals surface area contributed by atoms with Gasteiger partial charge < -0.3 is 14.2 Å². The molecular weight excluding hydrogens is 308 g/mol. The number of carbonyl (C=O) groups excluding carboxylic acids is 2. The van der Waals surface area contributed by atoms with Crippen LogP contribution in [0.15, 0.2) is 29.2 Å². The van der Waals surface area contributed by atoms with Crippen molar-refractivity contribution in [1.82, 2.24) is 9.47 Å². The van der Waals surface area contributed by atoms with Crippen LogP contribution in [0.25, 0.3) is 0 Å². The van der Waals surface area contributed by atoms with Crippen LogP contribution in [0, 0.1) is 11.8 Å². The number of aryl methyl sites for hydroxylation is 1. The normalized spacial score (nSPS) is 20.7. The van der Waals surface area contributed by atoms with Gasteiger partial charge in [0, 0.05) is 37.8 Å². The molecule has 1 aromatic rings. The van der Waals surface area contributed by atoms with E-state index in [2.05, 4.69) is 0 Å². The van der Waals surface area contributed by atoms with Gasteiger partial charge in [0.2, 0.25) is 11.5 Å². The lowest BCUT2D eigenvalue weighted by atomic mass is 9.98. The predicted molar refractivity (Wildman–Crippen MR) is 88.3 cm³/mol. The quantitative estimate of drug-likeness (QED) is 0.584. The monoisotopic (exact) mass is 332 g/mol. The van der Waals surface area contributed by atoms with Crippen LogP contribution in [-0.2, 0) is 20.9 Å². The Balaban J connectivity index is 1.40. The van der Waals surface area contributed by atoms with Crippen molar-refractivity contribution in [3.63, 3.8) is 0 Å². The minimum atomic E-state index is -0.219. The fourth-order valence-electron chi connectivity index (χ4n) is 3.13. The third-order valence-electron chi connectivity index (χ3n) is 4.68. The van der Waals surface area contributed by atoms with Gasteiger partial charge in [-0.05, 0) is 38.2 Å². The first-order valence-corrected chi connectivity index (χ1v) is 8.76. The van der Waals surface area contributed by atoms with Gasteiger partial charge in [-0.1, -0.05) is 6.07 Å². The fourth-order valence-corrected chi connectivity index (χ4v) is 3.13. The van der Waals surface area contributed by atoms with Crippen LogP contribution >= 0.6 is 0 Å². The van der Waals surface area contributed by atoms with Gasteiger partial charge in [-0.3, -0.25) is 14.4 Å². The summed E-state index contributed by atoms with van der Waals surface area (Å²) in [5.74, 6) is -0.0236. The van der Waals surface area contributed by atoms with Crippen LogP contribution in [0.1, 0.15) is 32.1 Å². The van der Waals surface area contributed by atoms with Gasteiger partial charge >= 0.3 is 5.97 Å². The van der Waals surface area contributed by atoms with E-state index in [1.54, 1.807) is 22.9 Å². The second-order valence-corrected chi connectivity index (χ2v) is 6.65. The number of aromatic nitrogens is 1. The molecule has 0 radical (unpaired) electrons. The highest BCUT2D eigenvalue weighted by atomic mass is 16.5. The standard InChI is InChI=1S/C18H24N2O4/c21-16-6-1-2-9-19(16)11-4-12-24-18(23)15-5-3-10-20(13-15)17(22)14-7-8-14/h1-2,6,9,14-15H,3-5,7-8,10-13H2/t15-/m0/s1. The molecule has 0 unspecified atom stereocenters. The van der Waals surface area contributed by atoms with Crippen LogP contribution < -0.4 is 5.56 Å². The molecule has 1 saturated heterocycles. The average molecular weight is 332 g/mol. The Hall–Kier alpha value is -2.11. The average Bonchev–Trinajstić information content (AvgIpc) is 3.44. The second-order valence-electron chi connectivity index (χ2n) is 6.65. The Kier molecular flexibility index (Phi) is 5.33. The molecule has 2 aliphatic rings. The molecule has 2 heterocycles. The summed E-state index contributed by atoms with van der Waals surface area (Å²) < 4.78 is 6.96. The molecular formula is C18H24N2O4. The van der Waals surface area contributed by atoms with Crippen LogP contribution in [0.4, 0.5) is 0 Å². The summed E-state index contributed by atoms with van der Waals surface area (Å²) in [4.78, 5) is 37.7. The highest BCUT2D eigenvalue weighted by Gasteiger charge is 2.37. The van der Waals surface area contributed by atoms with E-state index in [9.17, 15) is 14.4 Å². The zero-order valence-corrected chi connectivity index (χ0v) is 13.9. The number of piperidine rings is 1. The number of carbonyl (C=O) groups is 2. The number of hydrogen-bond acceptors (Lipinski definition) is 4. The van der Waals surface area contributed by atoms with Crippen molar-refractivity contribution in [3.05, 3.63) is 34.7 Å². The van der Waals surface area contributed by atoms with Crippen molar-refractivity contribution in [2.75, 3.05) is 19.7 Å². The summed E-state index contributed by atoms with van der Waals surface area (Å²) >= 11 is 0. The van der Waals surface area contributed by atoms with Crippen molar-refractivity contribution in [2.45, 2.75) is 38.6 Å². The molecule has 6 heteroatoms. The molecule has 24 heavy (non-hydrogen) atoms. The first-order valence-electron chi connectivity index (χ1n) is 8.76. The zero-order chi connectivity index (χ0) is 16.9. The zero-order valence-electron chi connectivity index (χ0n) is 13.9. The van der Waals surface area contributed by atoms with Crippen LogP contribution in [0.3, 0.4) is 0 Å². The lowest BCUT2D eigenvalue weighted by Crippen LogP contribution is -2.43. The number of hydrogen-bond donors (Lipinski definition) is 0. The van der Waals surface area contributed by atoms with E-state index in [4.69, 9.17) is 4.74 Å². The molecule has 3 rings (SSSR count). The third kappa shape index (κ3) is 4.24. The fraction of sp³-hybridized carbons (Fsp3) is 0.611. The van der Waals surface area contributed by atoms with Crippen molar-refractivity contribution in [2.24, 2.45) is 11.8 Å². The predicted octanol–water partition coefficient (Wildman–Crippen LogP) is 1.43. The molecule has 1 amide bonds. The van der Waals surface area contributed by atoms with E-state index in [0.29, 0.717) is 26.1 Å². The van der Waals surface area contributed by atoms with E-state index in [-0.39, 0.29) is 29.3 Å². The Bertz CT molecular complexity index is 650. The molecule has 1 atom stereocenters. The van der Waals surface area contributed by atoms with Gasteiger partial charge in [-0.2, -0.15) is 0 Å². The lowest BCUT2D eigenvalue weighted by molar-refractivity contribution is -0.152. The summed E-state index contributed by atoms with van der Waals surface area (Å²) in [7, 11) is 0. The van der Waals surface area contributed by atoms with Gasteiger partial charge in [-0.25, -0.2) is 0 Å². The number of ether oxygens (including phenoxy) is 1. The maximum Gasteiger partial charge on any atom is 0.310 e. The van der Waals surface area contributed by atoms with Crippen molar-refractivity contribution < 1.29 is 14.3 Å². The van der Waals surface area contributed by atoms with Gasteiger partial charge in [-0.15, -0.1) is 0 Å². The largest absolute Gasteiger partial charge is 0.465 e. The van der Waals surface area contributed by atoms with E-state index in [1.165, 1.54) is 6.07 Å². The Morgan fingerprint density at radius 3 is 2.75 bits per heavy atom. The number of nitrogens with zero attached hydrogens (tertiary/aromatic N) is 2.